The van der Waals surface area contributed by atoms with Gasteiger partial charge in [0.05, 0.1) is 10.0 Å². The Balaban J connectivity index is 1.41. The molecular weight excluding hydrogens is 413 g/mol. The second kappa shape index (κ2) is 9.98. The van der Waals surface area contributed by atoms with Crippen molar-refractivity contribution >= 4 is 40.9 Å². The van der Waals surface area contributed by atoms with Crippen molar-refractivity contribution in [2.45, 2.75) is 44.7 Å². The summed E-state index contributed by atoms with van der Waals surface area (Å²) in [7, 11) is 1.84. The number of carbonyl (C=O) groups is 1. The third kappa shape index (κ3) is 6.37. The highest BCUT2D eigenvalue weighted by atomic mass is 35.5. The zero-order valence-corrected chi connectivity index (χ0v) is 18.0. The minimum atomic E-state index is -0.145. The summed E-state index contributed by atoms with van der Waals surface area (Å²) in [5, 5.41) is 10.3. The third-order valence-electron chi connectivity index (χ3n) is 4.80. The van der Waals surface area contributed by atoms with Crippen LogP contribution in [0, 0.1) is 6.92 Å². The second-order valence-electron chi connectivity index (χ2n) is 7.09. The van der Waals surface area contributed by atoms with Gasteiger partial charge in [-0.05, 0) is 44.7 Å². The van der Waals surface area contributed by atoms with Crippen molar-refractivity contribution in [3.05, 3.63) is 40.0 Å². The molecular formula is C20H25Cl2N5O2. The SMILES string of the molecule is CNc1cc(C)nc(NC2CCC(NC(=O)COc3ccc(Cl)c(Cl)c3)CC2)n1. The topological polar surface area (TPSA) is 88.2 Å². The van der Waals surface area contributed by atoms with E-state index in [0.29, 0.717) is 27.8 Å². The average molecular weight is 438 g/mol. The largest absolute Gasteiger partial charge is 0.484 e. The Labute approximate surface area is 180 Å². The summed E-state index contributed by atoms with van der Waals surface area (Å²) in [6.07, 6.45) is 3.65. The van der Waals surface area contributed by atoms with Crippen LogP contribution in [0.1, 0.15) is 31.4 Å². The van der Waals surface area contributed by atoms with Crippen LogP contribution in [0.4, 0.5) is 11.8 Å². The van der Waals surface area contributed by atoms with Crippen LogP contribution >= 0.6 is 23.2 Å². The van der Waals surface area contributed by atoms with Gasteiger partial charge >= 0.3 is 0 Å². The van der Waals surface area contributed by atoms with Crippen LogP contribution in [0.15, 0.2) is 24.3 Å². The van der Waals surface area contributed by atoms with Crippen molar-refractivity contribution in [2.75, 3.05) is 24.3 Å². The van der Waals surface area contributed by atoms with Gasteiger partial charge in [0, 0.05) is 37.0 Å². The fourth-order valence-electron chi connectivity index (χ4n) is 3.31. The summed E-state index contributed by atoms with van der Waals surface area (Å²) in [4.78, 5) is 21.1. The fourth-order valence-corrected chi connectivity index (χ4v) is 3.60. The molecule has 0 saturated heterocycles. The third-order valence-corrected chi connectivity index (χ3v) is 5.54. The molecule has 9 heteroatoms. The lowest BCUT2D eigenvalue weighted by Crippen LogP contribution is -2.42. The van der Waals surface area contributed by atoms with Crippen LogP contribution in [-0.2, 0) is 4.79 Å². The summed E-state index contributed by atoms with van der Waals surface area (Å²) in [5.41, 5.74) is 0.912. The fraction of sp³-hybridized carbons (Fsp3) is 0.450. The van der Waals surface area contributed by atoms with E-state index in [9.17, 15) is 4.79 Å². The molecule has 1 aliphatic rings. The minimum absolute atomic E-state index is 0.0555. The van der Waals surface area contributed by atoms with Crippen LogP contribution in [0.3, 0.4) is 0 Å². The van der Waals surface area contributed by atoms with E-state index in [-0.39, 0.29) is 18.6 Å². The molecule has 1 saturated carbocycles. The molecule has 0 radical (unpaired) electrons. The van der Waals surface area contributed by atoms with Crippen molar-refractivity contribution < 1.29 is 9.53 Å². The number of hydrogen-bond acceptors (Lipinski definition) is 6. The van der Waals surface area contributed by atoms with Gasteiger partial charge in [-0.2, -0.15) is 4.98 Å². The highest BCUT2D eigenvalue weighted by Crippen LogP contribution is 2.26. The molecule has 0 spiro atoms. The number of anilines is 2. The Kier molecular flexibility index (Phi) is 7.39. The van der Waals surface area contributed by atoms with E-state index >= 15 is 0 Å². The molecule has 7 nitrogen and oxygen atoms in total. The molecule has 0 unspecified atom stereocenters. The molecule has 0 bridgehead atoms. The number of aromatic nitrogens is 2. The van der Waals surface area contributed by atoms with Crippen molar-refractivity contribution in [3.8, 4) is 5.75 Å². The molecule has 1 fully saturated rings. The van der Waals surface area contributed by atoms with Crippen molar-refractivity contribution in [1.82, 2.24) is 15.3 Å². The summed E-state index contributed by atoms with van der Waals surface area (Å²) >= 11 is 11.8. The predicted molar refractivity (Wildman–Crippen MR) is 116 cm³/mol. The number of halogens is 2. The first-order chi connectivity index (χ1) is 13.9. The number of nitrogens with one attached hydrogen (secondary N) is 3. The van der Waals surface area contributed by atoms with E-state index < -0.39 is 0 Å². The standard InChI is InChI=1S/C20H25Cl2N5O2/c1-12-9-18(23-2)27-20(24-12)26-14-5-3-13(4-6-14)25-19(28)11-29-15-7-8-16(21)17(22)10-15/h7-10,13-14H,3-6,11H2,1-2H3,(H,25,28)(H2,23,24,26,27). The first-order valence-corrected chi connectivity index (χ1v) is 10.4. The number of benzene rings is 1. The van der Waals surface area contributed by atoms with Gasteiger partial charge in [0.2, 0.25) is 5.95 Å². The zero-order valence-electron chi connectivity index (χ0n) is 16.5. The molecule has 29 heavy (non-hydrogen) atoms. The highest BCUT2D eigenvalue weighted by molar-refractivity contribution is 6.42. The van der Waals surface area contributed by atoms with Gasteiger partial charge in [-0.1, -0.05) is 23.2 Å². The zero-order chi connectivity index (χ0) is 20.8. The number of hydrogen-bond donors (Lipinski definition) is 3. The molecule has 1 amide bonds. The van der Waals surface area contributed by atoms with Crippen LogP contribution in [0.25, 0.3) is 0 Å². The van der Waals surface area contributed by atoms with Gasteiger partial charge in [-0.3, -0.25) is 4.79 Å². The van der Waals surface area contributed by atoms with E-state index in [4.69, 9.17) is 27.9 Å². The molecule has 1 aliphatic carbocycles. The number of rotatable bonds is 7. The molecule has 1 aromatic carbocycles. The van der Waals surface area contributed by atoms with E-state index in [0.717, 1.165) is 37.2 Å². The molecule has 3 rings (SSSR count). The summed E-state index contributed by atoms with van der Waals surface area (Å²) in [6.45, 7) is 1.89. The quantitative estimate of drug-likeness (QED) is 0.605. The Hall–Kier alpha value is -2.25. The Morgan fingerprint density at radius 1 is 1.10 bits per heavy atom. The van der Waals surface area contributed by atoms with Crippen LogP contribution in [0.2, 0.25) is 10.0 Å². The Morgan fingerprint density at radius 3 is 2.52 bits per heavy atom. The molecule has 1 heterocycles. The van der Waals surface area contributed by atoms with Gasteiger partial charge in [0.25, 0.3) is 5.91 Å². The summed E-state index contributed by atoms with van der Waals surface area (Å²) in [6, 6.07) is 7.26. The van der Waals surface area contributed by atoms with E-state index in [1.807, 2.05) is 20.0 Å². The molecule has 0 aliphatic heterocycles. The molecule has 2 aromatic rings. The average Bonchev–Trinajstić information content (AvgIpc) is 2.70. The van der Waals surface area contributed by atoms with Crippen molar-refractivity contribution in [2.24, 2.45) is 0 Å². The van der Waals surface area contributed by atoms with E-state index in [2.05, 4.69) is 25.9 Å². The van der Waals surface area contributed by atoms with Crippen LogP contribution in [-0.4, -0.2) is 41.6 Å². The van der Waals surface area contributed by atoms with Gasteiger partial charge in [0.15, 0.2) is 6.61 Å². The number of amides is 1. The van der Waals surface area contributed by atoms with Crippen LogP contribution in [0.5, 0.6) is 5.75 Å². The van der Waals surface area contributed by atoms with Gasteiger partial charge in [-0.25, -0.2) is 4.98 Å². The molecule has 3 N–H and O–H groups in total. The van der Waals surface area contributed by atoms with Gasteiger partial charge in [0.1, 0.15) is 11.6 Å². The predicted octanol–water partition coefficient (Wildman–Crippen LogP) is 4.05. The van der Waals surface area contributed by atoms with Crippen molar-refractivity contribution in [3.63, 3.8) is 0 Å². The lowest BCUT2D eigenvalue weighted by molar-refractivity contribution is -0.124. The van der Waals surface area contributed by atoms with Crippen molar-refractivity contribution in [1.29, 1.82) is 0 Å². The summed E-state index contributed by atoms with van der Waals surface area (Å²) in [5.74, 6) is 1.80. The van der Waals surface area contributed by atoms with E-state index in [1.165, 1.54) is 0 Å². The number of ether oxygens (including phenoxy) is 1. The van der Waals surface area contributed by atoms with Gasteiger partial charge < -0.3 is 20.7 Å². The van der Waals surface area contributed by atoms with Crippen LogP contribution < -0.4 is 20.7 Å². The maximum atomic E-state index is 12.2. The first-order valence-electron chi connectivity index (χ1n) is 9.60. The molecule has 1 aromatic heterocycles. The number of carbonyl (C=O) groups excluding carboxylic acids is 1. The molecule has 156 valence electrons. The number of aryl methyl sites for hydroxylation is 1. The lowest BCUT2D eigenvalue weighted by atomic mass is 9.91. The highest BCUT2D eigenvalue weighted by Gasteiger charge is 2.23. The Morgan fingerprint density at radius 2 is 1.83 bits per heavy atom. The van der Waals surface area contributed by atoms with Gasteiger partial charge in [-0.15, -0.1) is 0 Å². The first kappa shape index (κ1) is 21.5. The van der Waals surface area contributed by atoms with E-state index in [1.54, 1.807) is 18.2 Å². The smallest absolute Gasteiger partial charge is 0.258 e. The minimum Gasteiger partial charge on any atom is -0.484 e. The Bertz CT molecular complexity index is 857. The monoisotopic (exact) mass is 437 g/mol. The lowest BCUT2D eigenvalue weighted by Gasteiger charge is -2.29. The number of nitrogens with zero attached hydrogens (tertiary/aromatic N) is 2. The second-order valence-corrected chi connectivity index (χ2v) is 7.91. The normalized spacial score (nSPS) is 18.8. The summed E-state index contributed by atoms with van der Waals surface area (Å²) < 4.78 is 5.49. The molecule has 0 atom stereocenters. The maximum absolute atomic E-state index is 12.2. The maximum Gasteiger partial charge on any atom is 0.258 e.